The number of hydrogen-bond acceptors (Lipinski definition) is 5. The van der Waals surface area contributed by atoms with Crippen LogP contribution in [0.3, 0.4) is 0 Å². The first-order chi connectivity index (χ1) is 11.6. The molecule has 1 amide bonds. The molecule has 0 aromatic heterocycles. The third kappa shape index (κ3) is 3.88. The molecule has 2 fully saturated rings. The Bertz CT molecular complexity index is 889. The summed E-state index contributed by atoms with van der Waals surface area (Å²) in [7, 11) is -6.74. The average Bonchev–Trinajstić information content (AvgIpc) is 3.16. The maximum Gasteiger partial charge on any atom is 0.251 e. The predicted molar refractivity (Wildman–Crippen MR) is 93.6 cm³/mol. The largest absolute Gasteiger partial charge is 0.346 e. The monoisotopic (exact) mass is 386 g/mol. The molecule has 1 aromatic carbocycles. The van der Waals surface area contributed by atoms with Gasteiger partial charge in [0.2, 0.25) is 10.0 Å². The molecular formula is C16H22N2O5S2. The van der Waals surface area contributed by atoms with Crippen LogP contribution < -0.4 is 5.32 Å². The number of sulfonamides is 1. The van der Waals surface area contributed by atoms with E-state index in [-0.39, 0.29) is 22.0 Å². The number of nitrogens with zero attached hydrogens (tertiary/aromatic N) is 1. The lowest BCUT2D eigenvalue weighted by molar-refractivity contribution is 0.0915. The zero-order valence-electron chi connectivity index (χ0n) is 14.1. The quantitative estimate of drug-likeness (QED) is 0.824. The first-order valence-electron chi connectivity index (χ1n) is 8.25. The van der Waals surface area contributed by atoms with Crippen LogP contribution in [-0.2, 0) is 19.9 Å². The average molecular weight is 386 g/mol. The minimum atomic E-state index is -3.60. The number of carbonyl (C=O) groups is 1. The van der Waals surface area contributed by atoms with Crippen LogP contribution in [0.25, 0.3) is 0 Å². The van der Waals surface area contributed by atoms with Gasteiger partial charge in [0.05, 0.1) is 21.9 Å². The number of rotatable bonds is 4. The zero-order valence-corrected chi connectivity index (χ0v) is 15.7. The van der Waals surface area contributed by atoms with E-state index in [9.17, 15) is 21.6 Å². The van der Waals surface area contributed by atoms with Gasteiger partial charge >= 0.3 is 0 Å². The molecule has 2 heterocycles. The highest BCUT2D eigenvalue weighted by molar-refractivity contribution is 7.91. The summed E-state index contributed by atoms with van der Waals surface area (Å²) in [4.78, 5) is 12.6. The third-order valence-electron chi connectivity index (χ3n) is 4.72. The highest BCUT2D eigenvalue weighted by atomic mass is 32.2. The van der Waals surface area contributed by atoms with Crippen molar-refractivity contribution in [2.75, 3.05) is 24.6 Å². The molecule has 2 saturated heterocycles. The molecule has 0 spiro atoms. The van der Waals surface area contributed by atoms with Crippen LogP contribution >= 0.6 is 0 Å². The van der Waals surface area contributed by atoms with Gasteiger partial charge in [-0.25, -0.2) is 16.8 Å². The van der Waals surface area contributed by atoms with Crippen molar-refractivity contribution in [2.24, 2.45) is 0 Å². The van der Waals surface area contributed by atoms with Gasteiger partial charge in [-0.15, -0.1) is 0 Å². The van der Waals surface area contributed by atoms with Gasteiger partial charge in [0.25, 0.3) is 5.91 Å². The van der Waals surface area contributed by atoms with E-state index in [1.807, 2.05) is 0 Å². The number of carbonyl (C=O) groups excluding carboxylic acids is 1. The molecule has 0 aliphatic carbocycles. The van der Waals surface area contributed by atoms with E-state index in [0.717, 1.165) is 12.8 Å². The molecule has 2 aliphatic heterocycles. The Morgan fingerprint density at radius 2 is 1.92 bits per heavy atom. The molecule has 0 unspecified atom stereocenters. The standard InChI is InChI=1S/C16H22N2O5S2/c1-16(7-10-24(20,21)12-16)17-15(19)13-5-4-6-14(11-13)25(22,23)18-8-2-3-9-18/h4-6,11H,2-3,7-10,12H2,1H3,(H,17,19)/t16-/m0/s1. The van der Waals surface area contributed by atoms with Crippen molar-refractivity contribution in [3.8, 4) is 0 Å². The third-order valence-corrected chi connectivity index (χ3v) is 8.52. The Kier molecular flexibility index (Phi) is 4.67. The number of benzene rings is 1. The fraction of sp³-hybridized carbons (Fsp3) is 0.562. The van der Waals surface area contributed by atoms with Crippen molar-refractivity contribution in [3.63, 3.8) is 0 Å². The van der Waals surface area contributed by atoms with Gasteiger partial charge in [0.15, 0.2) is 9.84 Å². The SMILES string of the molecule is C[C@]1(NC(=O)c2cccc(S(=O)(=O)N3CCCC3)c2)CCS(=O)(=O)C1. The van der Waals surface area contributed by atoms with Crippen LogP contribution in [0, 0.1) is 0 Å². The van der Waals surface area contributed by atoms with E-state index < -0.39 is 31.3 Å². The summed E-state index contributed by atoms with van der Waals surface area (Å²) >= 11 is 0. The molecule has 1 atom stereocenters. The first-order valence-corrected chi connectivity index (χ1v) is 11.5. The van der Waals surface area contributed by atoms with Crippen LogP contribution in [0.4, 0.5) is 0 Å². The Labute approximate surface area is 148 Å². The fourth-order valence-electron chi connectivity index (χ4n) is 3.33. The van der Waals surface area contributed by atoms with Crippen LogP contribution in [0.1, 0.15) is 36.5 Å². The van der Waals surface area contributed by atoms with E-state index in [0.29, 0.717) is 19.5 Å². The number of nitrogens with one attached hydrogen (secondary N) is 1. The lowest BCUT2D eigenvalue weighted by Crippen LogP contribution is -2.46. The Balaban J connectivity index is 1.81. The normalized spacial score (nSPS) is 26.6. The Morgan fingerprint density at radius 1 is 1.24 bits per heavy atom. The highest BCUT2D eigenvalue weighted by Gasteiger charge is 2.39. The lowest BCUT2D eigenvalue weighted by atomic mass is 10.0. The lowest BCUT2D eigenvalue weighted by Gasteiger charge is -2.24. The molecule has 0 saturated carbocycles. The molecule has 9 heteroatoms. The van der Waals surface area contributed by atoms with Crippen LogP contribution in [0.5, 0.6) is 0 Å². The molecule has 3 rings (SSSR count). The molecule has 1 N–H and O–H groups in total. The van der Waals surface area contributed by atoms with E-state index in [1.165, 1.54) is 28.6 Å². The molecule has 0 bridgehead atoms. The summed E-state index contributed by atoms with van der Waals surface area (Å²) in [6.45, 7) is 2.68. The summed E-state index contributed by atoms with van der Waals surface area (Å²) in [5.41, 5.74) is -0.606. The minimum Gasteiger partial charge on any atom is -0.346 e. The minimum absolute atomic E-state index is 0.0488. The Morgan fingerprint density at radius 3 is 2.52 bits per heavy atom. The number of sulfone groups is 1. The maximum absolute atomic E-state index is 12.6. The summed E-state index contributed by atoms with van der Waals surface area (Å²) in [6, 6.07) is 5.90. The number of hydrogen-bond donors (Lipinski definition) is 1. The van der Waals surface area contributed by atoms with Crippen LogP contribution in [-0.4, -0.2) is 57.2 Å². The molecule has 2 aliphatic rings. The van der Waals surface area contributed by atoms with Crippen molar-refractivity contribution >= 4 is 25.8 Å². The van der Waals surface area contributed by atoms with Gasteiger partial charge in [0.1, 0.15) is 0 Å². The van der Waals surface area contributed by atoms with Gasteiger partial charge in [-0.05, 0) is 44.4 Å². The second kappa shape index (κ2) is 6.37. The maximum atomic E-state index is 12.6. The van der Waals surface area contributed by atoms with Crippen molar-refractivity contribution in [3.05, 3.63) is 29.8 Å². The molecule has 7 nitrogen and oxygen atoms in total. The molecular weight excluding hydrogens is 364 g/mol. The van der Waals surface area contributed by atoms with Gasteiger partial charge < -0.3 is 5.32 Å². The van der Waals surface area contributed by atoms with E-state index in [4.69, 9.17) is 0 Å². The van der Waals surface area contributed by atoms with E-state index in [1.54, 1.807) is 6.92 Å². The molecule has 25 heavy (non-hydrogen) atoms. The zero-order chi connectivity index (χ0) is 18.3. The van der Waals surface area contributed by atoms with Crippen molar-refractivity contribution in [1.82, 2.24) is 9.62 Å². The second-order valence-corrected chi connectivity index (χ2v) is 11.1. The van der Waals surface area contributed by atoms with Gasteiger partial charge in [0, 0.05) is 18.7 Å². The van der Waals surface area contributed by atoms with Gasteiger partial charge in [-0.2, -0.15) is 4.31 Å². The second-order valence-electron chi connectivity index (χ2n) is 7.00. The van der Waals surface area contributed by atoms with E-state index in [2.05, 4.69) is 5.32 Å². The van der Waals surface area contributed by atoms with Crippen molar-refractivity contribution < 1.29 is 21.6 Å². The summed E-state index contributed by atoms with van der Waals surface area (Å²) in [5, 5.41) is 2.75. The summed E-state index contributed by atoms with van der Waals surface area (Å²) in [6.07, 6.45) is 2.03. The fourth-order valence-corrected chi connectivity index (χ4v) is 6.99. The van der Waals surface area contributed by atoms with Crippen LogP contribution in [0.2, 0.25) is 0 Å². The topological polar surface area (TPSA) is 101 Å². The van der Waals surface area contributed by atoms with Crippen molar-refractivity contribution in [2.45, 2.75) is 36.6 Å². The predicted octanol–water partition coefficient (Wildman–Crippen LogP) is 0.778. The first kappa shape index (κ1) is 18.3. The highest BCUT2D eigenvalue weighted by Crippen LogP contribution is 2.25. The molecule has 1 aromatic rings. The van der Waals surface area contributed by atoms with Gasteiger partial charge in [-0.3, -0.25) is 4.79 Å². The Hall–Kier alpha value is -1.45. The van der Waals surface area contributed by atoms with E-state index >= 15 is 0 Å². The molecule has 0 radical (unpaired) electrons. The van der Waals surface area contributed by atoms with Gasteiger partial charge in [-0.1, -0.05) is 6.07 Å². The van der Waals surface area contributed by atoms with Crippen LogP contribution in [0.15, 0.2) is 29.2 Å². The smallest absolute Gasteiger partial charge is 0.251 e. The molecule has 138 valence electrons. The van der Waals surface area contributed by atoms with Crippen molar-refractivity contribution in [1.29, 1.82) is 0 Å². The summed E-state index contributed by atoms with van der Waals surface area (Å²) in [5.74, 6) is -0.511. The number of amides is 1. The summed E-state index contributed by atoms with van der Waals surface area (Å²) < 4.78 is 50.0.